The summed E-state index contributed by atoms with van der Waals surface area (Å²) in [5.41, 5.74) is 1.15. The van der Waals surface area contributed by atoms with Crippen molar-refractivity contribution >= 4 is 5.91 Å². The summed E-state index contributed by atoms with van der Waals surface area (Å²) in [6.07, 6.45) is 3.33. The minimum absolute atomic E-state index is 0.0499. The highest BCUT2D eigenvalue weighted by Gasteiger charge is 2.30. The first-order valence-corrected chi connectivity index (χ1v) is 9.60. The maximum absolute atomic E-state index is 13.0. The third-order valence-electron chi connectivity index (χ3n) is 5.50. The Bertz CT molecular complexity index is 803. The highest BCUT2D eigenvalue weighted by molar-refractivity contribution is 5.91. The maximum Gasteiger partial charge on any atom is 0.290 e. The van der Waals surface area contributed by atoms with Gasteiger partial charge >= 0.3 is 0 Å². The Hall–Kier alpha value is -2.15. The first-order chi connectivity index (χ1) is 12.6. The van der Waals surface area contributed by atoms with Crippen molar-refractivity contribution in [2.24, 2.45) is 0 Å². The van der Waals surface area contributed by atoms with Gasteiger partial charge in [0, 0.05) is 25.1 Å². The standard InChI is InChI=1S/C19H27N5O2/c1-4-16-15(11-22-7-5-6-8-22)9-17(26-16)19(25)23-10-13(2)24-14(3)20-21-18(24)12-23/h9,13H,4-8,10-12H2,1-3H3/t13-/m0/s1. The fourth-order valence-electron chi connectivity index (χ4n) is 4.23. The number of furan rings is 1. The second kappa shape index (κ2) is 6.87. The molecule has 26 heavy (non-hydrogen) atoms. The average molecular weight is 357 g/mol. The molecule has 7 nitrogen and oxygen atoms in total. The van der Waals surface area contributed by atoms with Gasteiger partial charge in [0.25, 0.3) is 5.91 Å². The van der Waals surface area contributed by atoms with Gasteiger partial charge in [0.2, 0.25) is 0 Å². The molecule has 2 aliphatic rings. The lowest BCUT2D eigenvalue weighted by Crippen LogP contribution is -2.40. The van der Waals surface area contributed by atoms with Gasteiger partial charge in [-0.25, -0.2) is 0 Å². The number of nitrogens with zero attached hydrogens (tertiary/aromatic N) is 5. The van der Waals surface area contributed by atoms with Gasteiger partial charge in [-0.1, -0.05) is 6.92 Å². The van der Waals surface area contributed by atoms with E-state index >= 15 is 0 Å². The van der Waals surface area contributed by atoms with Crippen LogP contribution in [-0.4, -0.2) is 50.1 Å². The summed E-state index contributed by atoms with van der Waals surface area (Å²) in [5.74, 6) is 3.08. The van der Waals surface area contributed by atoms with Gasteiger partial charge in [0.1, 0.15) is 11.6 Å². The summed E-state index contributed by atoms with van der Waals surface area (Å²) in [6, 6.07) is 2.12. The van der Waals surface area contributed by atoms with Gasteiger partial charge in [0.05, 0.1) is 12.6 Å². The molecule has 2 aromatic heterocycles. The van der Waals surface area contributed by atoms with Crippen molar-refractivity contribution in [3.8, 4) is 0 Å². The minimum atomic E-state index is -0.0499. The van der Waals surface area contributed by atoms with E-state index in [1.807, 2.05) is 17.9 Å². The lowest BCUT2D eigenvalue weighted by molar-refractivity contribution is 0.0646. The van der Waals surface area contributed by atoms with Crippen LogP contribution >= 0.6 is 0 Å². The molecule has 0 bridgehead atoms. The van der Waals surface area contributed by atoms with Crippen LogP contribution in [0.1, 0.15) is 66.3 Å². The third kappa shape index (κ3) is 3.05. The molecule has 0 aromatic carbocycles. The molecule has 4 heterocycles. The van der Waals surface area contributed by atoms with Crippen molar-refractivity contribution in [1.29, 1.82) is 0 Å². The second-order valence-corrected chi connectivity index (χ2v) is 7.46. The fraction of sp³-hybridized carbons (Fsp3) is 0.632. The zero-order chi connectivity index (χ0) is 18.3. The zero-order valence-corrected chi connectivity index (χ0v) is 15.9. The first-order valence-electron chi connectivity index (χ1n) is 9.60. The number of carbonyl (C=O) groups is 1. The van der Waals surface area contributed by atoms with E-state index in [0.717, 1.165) is 49.0 Å². The van der Waals surface area contributed by atoms with Gasteiger partial charge in [-0.3, -0.25) is 9.69 Å². The number of aromatic nitrogens is 3. The highest BCUT2D eigenvalue weighted by Crippen LogP contribution is 2.25. The predicted octanol–water partition coefficient (Wildman–Crippen LogP) is 2.55. The molecule has 1 saturated heterocycles. The van der Waals surface area contributed by atoms with Crippen LogP contribution < -0.4 is 0 Å². The van der Waals surface area contributed by atoms with Gasteiger partial charge in [-0.2, -0.15) is 0 Å². The van der Waals surface area contributed by atoms with E-state index in [4.69, 9.17) is 4.42 Å². The Kier molecular flexibility index (Phi) is 4.56. The molecule has 0 unspecified atom stereocenters. The smallest absolute Gasteiger partial charge is 0.290 e. The average Bonchev–Trinajstić information content (AvgIpc) is 3.35. The summed E-state index contributed by atoms with van der Waals surface area (Å²) >= 11 is 0. The van der Waals surface area contributed by atoms with E-state index in [2.05, 4.69) is 33.5 Å². The quantitative estimate of drug-likeness (QED) is 0.841. The number of likely N-dealkylation sites (tertiary alicyclic amines) is 1. The lowest BCUT2D eigenvalue weighted by atomic mass is 10.1. The molecule has 0 spiro atoms. The Labute approximate surface area is 154 Å². The molecular formula is C19H27N5O2. The van der Waals surface area contributed by atoms with Gasteiger partial charge in [0.15, 0.2) is 11.6 Å². The van der Waals surface area contributed by atoms with Crippen LogP contribution in [0.15, 0.2) is 10.5 Å². The number of aryl methyl sites for hydroxylation is 2. The SMILES string of the molecule is CCc1oc(C(=O)N2Cc3nnc(C)n3[C@@H](C)C2)cc1CN1CCCC1. The number of carbonyl (C=O) groups excluding carboxylic acids is 1. The summed E-state index contributed by atoms with van der Waals surface area (Å²) in [6.45, 7) is 10.4. The topological polar surface area (TPSA) is 67.4 Å². The van der Waals surface area contributed by atoms with E-state index in [1.54, 1.807) is 0 Å². The monoisotopic (exact) mass is 357 g/mol. The Morgan fingerprint density at radius 3 is 2.81 bits per heavy atom. The number of fused-ring (bicyclic) bond motifs is 1. The molecule has 2 aromatic rings. The van der Waals surface area contributed by atoms with Crippen molar-refractivity contribution in [3.63, 3.8) is 0 Å². The van der Waals surface area contributed by atoms with Crippen molar-refractivity contribution in [3.05, 3.63) is 34.8 Å². The largest absolute Gasteiger partial charge is 0.456 e. The van der Waals surface area contributed by atoms with Crippen LogP contribution in [0, 0.1) is 6.92 Å². The lowest BCUT2D eigenvalue weighted by Gasteiger charge is -2.31. The summed E-state index contributed by atoms with van der Waals surface area (Å²) in [4.78, 5) is 17.3. The van der Waals surface area contributed by atoms with Crippen LogP contribution in [-0.2, 0) is 19.5 Å². The third-order valence-corrected chi connectivity index (χ3v) is 5.50. The molecule has 1 atom stereocenters. The summed E-state index contributed by atoms with van der Waals surface area (Å²) in [7, 11) is 0. The zero-order valence-electron chi connectivity index (χ0n) is 15.9. The molecule has 1 fully saturated rings. The fourth-order valence-corrected chi connectivity index (χ4v) is 4.23. The van der Waals surface area contributed by atoms with E-state index < -0.39 is 0 Å². The normalized spacial score (nSPS) is 20.6. The van der Waals surface area contributed by atoms with Crippen molar-refractivity contribution in [2.75, 3.05) is 19.6 Å². The van der Waals surface area contributed by atoms with E-state index in [1.165, 1.54) is 12.8 Å². The molecule has 7 heteroatoms. The molecule has 2 aliphatic heterocycles. The van der Waals surface area contributed by atoms with Crippen LogP contribution in [0.2, 0.25) is 0 Å². The molecule has 0 N–H and O–H groups in total. The van der Waals surface area contributed by atoms with Crippen molar-refractivity contribution < 1.29 is 9.21 Å². The number of amides is 1. The number of hydrogen-bond acceptors (Lipinski definition) is 5. The van der Waals surface area contributed by atoms with Crippen LogP contribution in [0.3, 0.4) is 0 Å². The predicted molar refractivity (Wildman–Crippen MR) is 96.8 cm³/mol. The van der Waals surface area contributed by atoms with Crippen molar-refractivity contribution in [2.45, 2.75) is 59.2 Å². The van der Waals surface area contributed by atoms with Gasteiger partial charge in [-0.05, 0) is 45.8 Å². The van der Waals surface area contributed by atoms with Crippen molar-refractivity contribution in [1.82, 2.24) is 24.6 Å². The van der Waals surface area contributed by atoms with Crippen LogP contribution in [0.4, 0.5) is 0 Å². The molecule has 0 saturated carbocycles. The Morgan fingerprint density at radius 1 is 1.31 bits per heavy atom. The number of hydrogen-bond donors (Lipinski definition) is 0. The molecule has 0 aliphatic carbocycles. The molecule has 0 radical (unpaired) electrons. The Balaban J connectivity index is 1.54. The van der Waals surface area contributed by atoms with Gasteiger partial charge in [-0.15, -0.1) is 10.2 Å². The molecule has 1 amide bonds. The maximum atomic E-state index is 13.0. The van der Waals surface area contributed by atoms with Crippen LogP contribution in [0.5, 0.6) is 0 Å². The molecule has 140 valence electrons. The van der Waals surface area contributed by atoms with Gasteiger partial charge < -0.3 is 13.9 Å². The van der Waals surface area contributed by atoms with Crippen LogP contribution in [0.25, 0.3) is 0 Å². The first kappa shape index (κ1) is 17.3. The highest BCUT2D eigenvalue weighted by atomic mass is 16.4. The minimum Gasteiger partial charge on any atom is -0.456 e. The molecular weight excluding hydrogens is 330 g/mol. The summed E-state index contributed by atoms with van der Waals surface area (Å²) < 4.78 is 8.07. The summed E-state index contributed by atoms with van der Waals surface area (Å²) in [5, 5.41) is 8.37. The number of rotatable bonds is 4. The van der Waals surface area contributed by atoms with E-state index in [0.29, 0.717) is 18.8 Å². The Morgan fingerprint density at radius 2 is 2.08 bits per heavy atom. The molecule has 4 rings (SSSR count). The van der Waals surface area contributed by atoms with E-state index in [9.17, 15) is 4.79 Å². The second-order valence-electron chi connectivity index (χ2n) is 7.46. The van der Waals surface area contributed by atoms with E-state index in [-0.39, 0.29) is 11.9 Å².